The molecule has 0 radical (unpaired) electrons. The molecule has 2 amide bonds. The van der Waals surface area contributed by atoms with Crippen LogP contribution in [0.5, 0.6) is 0 Å². The molecule has 1 fully saturated rings. The van der Waals surface area contributed by atoms with Crippen LogP contribution < -0.4 is 5.32 Å². The first-order chi connectivity index (χ1) is 19.9. The van der Waals surface area contributed by atoms with Gasteiger partial charge in [-0.15, -0.1) is 11.3 Å². The molecule has 5 aromatic rings. The van der Waals surface area contributed by atoms with E-state index in [1.165, 1.54) is 17.4 Å². The predicted molar refractivity (Wildman–Crippen MR) is 162 cm³/mol. The Bertz CT molecular complexity index is 1760. The largest absolute Gasteiger partial charge is 0.350 e. The highest BCUT2D eigenvalue weighted by atomic mass is 32.1. The van der Waals surface area contributed by atoms with Gasteiger partial charge in [0.2, 0.25) is 0 Å². The highest BCUT2D eigenvalue weighted by Crippen LogP contribution is 2.38. The van der Waals surface area contributed by atoms with Crippen molar-refractivity contribution in [1.82, 2.24) is 19.8 Å². The van der Waals surface area contributed by atoms with E-state index in [4.69, 9.17) is 4.98 Å². The van der Waals surface area contributed by atoms with Crippen molar-refractivity contribution in [3.8, 4) is 21.0 Å². The summed E-state index contributed by atoms with van der Waals surface area (Å²) in [5, 5.41) is 4.65. The van der Waals surface area contributed by atoms with E-state index in [2.05, 4.69) is 5.32 Å². The van der Waals surface area contributed by atoms with E-state index in [-0.39, 0.29) is 23.6 Å². The maximum Gasteiger partial charge on any atom is 0.274 e. The van der Waals surface area contributed by atoms with E-state index in [0.717, 1.165) is 41.3 Å². The van der Waals surface area contributed by atoms with Gasteiger partial charge in [0.25, 0.3) is 11.8 Å². The van der Waals surface area contributed by atoms with Crippen molar-refractivity contribution in [3.05, 3.63) is 102 Å². The van der Waals surface area contributed by atoms with Gasteiger partial charge in [0, 0.05) is 54.4 Å². The molecule has 2 aromatic heterocycles. The Labute approximate surface area is 242 Å². The maximum atomic E-state index is 15.0. The number of carbonyl (C=O) groups is 2. The normalized spacial score (nSPS) is 15.3. The van der Waals surface area contributed by atoms with Crippen molar-refractivity contribution >= 4 is 34.1 Å². The molecule has 1 atom stereocenters. The van der Waals surface area contributed by atoms with E-state index in [9.17, 15) is 9.59 Å². The number of hydrogen-bond acceptors (Lipinski definition) is 4. The molecule has 0 bridgehead atoms. The summed E-state index contributed by atoms with van der Waals surface area (Å²) < 4.78 is 16.9. The van der Waals surface area contributed by atoms with Crippen LogP contribution in [0.1, 0.15) is 45.7 Å². The fourth-order valence-corrected chi connectivity index (χ4v) is 6.72. The standard InChI is InChI=1S/C33H31FN4O2S/c1-21-10-9-11-22(18-21)32-36-29(30(41-32)25-14-3-5-15-27(25)34)33(40)38-17-8-7-12-23(38)19-35-31(39)26-20-37(2)28-16-6-4-13-24(26)28/h3-6,9-11,13-16,18,20,23H,7-8,12,17,19H2,1-2H3,(H,35,39)/t23-/m0/s1. The van der Waals surface area contributed by atoms with E-state index >= 15 is 4.39 Å². The third kappa shape index (κ3) is 5.27. The van der Waals surface area contributed by atoms with Crippen LogP contribution in [-0.2, 0) is 7.05 Å². The second kappa shape index (κ2) is 11.3. The average molecular weight is 567 g/mol. The zero-order valence-electron chi connectivity index (χ0n) is 23.1. The lowest BCUT2D eigenvalue weighted by Crippen LogP contribution is -2.49. The number of amides is 2. The minimum atomic E-state index is -0.390. The molecule has 3 heterocycles. The predicted octanol–water partition coefficient (Wildman–Crippen LogP) is 6.84. The van der Waals surface area contributed by atoms with Gasteiger partial charge in [0.1, 0.15) is 16.5 Å². The lowest BCUT2D eigenvalue weighted by Gasteiger charge is -2.35. The van der Waals surface area contributed by atoms with Crippen molar-refractivity contribution < 1.29 is 14.0 Å². The Morgan fingerprint density at radius 2 is 1.85 bits per heavy atom. The summed E-state index contributed by atoms with van der Waals surface area (Å²) in [5.74, 6) is -0.789. The van der Waals surface area contributed by atoms with Crippen molar-refractivity contribution in [2.45, 2.75) is 32.2 Å². The first-order valence-electron chi connectivity index (χ1n) is 13.9. The van der Waals surface area contributed by atoms with Crippen LogP contribution in [0.4, 0.5) is 4.39 Å². The summed E-state index contributed by atoms with van der Waals surface area (Å²) in [5.41, 5.74) is 4.19. The van der Waals surface area contributed by atoms with Crippen LogP contribution in [0, 0.1) is 12.7 Å². The molecule has 6 nitrogen and oxygen atoms in total. The van der Waals surface area contributed by atoms with E-state index in [1.807, 2.05) is 78.2 Å². The minimum Gasteiger partial charge on any atom is -0.350 e. The number of thiazole rings is 1. The summed E-state index contributed by atoms with van der Waals surface area (Å²) in [6, 6.07) is 22.1. The fourth-order valence-electron chi connectivity index (χ4n) is 5.64. The zero-order chi connectivity index (χ0) is 28.5. The van der Waals surface area contributed by atoms with Gasteiger partial charge in [-0.3, -0.25) is 9.59 Å². The Kier molecular flexibility index (Phi) is 7.41. The van der Waals surface area contributed by atoms with Crippen LogP contribution >= 0.6 is 11.3 Å². The minimum absolute atomic E-state index is 0.165. The zero-order valence-corrected chi connectivity index (χ0v) is 23.9. The van der Waals surface area contributed by atoms with E-state index in [1.54, 1.807) is 18.2 Å². The van der Waals surface area contributed by atoms with Crippen LogP contribution in [0.3, 0.4) is 0 Å². The second-order valence-corrected chi connectivity index (χ2v) is 11.6. The first-order valence-corrected chi connectivity index (χ1v) is 14.7. The Morgan fingerprint density at radius 3 is 2.68 bits per heavy atom. The van der Waals surface area contributed by atoms with Gasteiger partial charge < -0.3 is 14.8 Å². The number of benzene rings is 3. The average Bonchev–Trinajstić information content (AvgIpc) is 3.58. The maximum absolute atomic E-state index is 15.0. The monoisotopic (exact) mass is 566 g/mol. The van der Waals surface area contributed by atoms with Crippen molar-refractivity contribution in [3.63, 3.8) is 0 Å². The van der Waals surface area contributed by atoms with E-state index in [0.29, 0.717) is 34.1 Å². The van der Waals surface area contributed by atoms with Crippen LogP contribution in [0.25, 0.3) is 31.9 Å². The number of aromatic nitrogens is 2. The molecule has 1 aliphatic heterocycles. The van der Waals surface area contributed by atoms with Crippen LogP contribution in [-0.4, -0.2) is 45.4 Å². The molecule has 1 saturated heterocycles. The highest BCUT2D eigenvalue weighted by molar-refractivity contribution is 7.18. The molecule has 8 heteroatoms. The van der Waals surface area contributed by atoms with Crippen molar-refractivity contribution in [2.75, 3.05) is 13.1 Å². The molecule has 1 N–H and O–H groups in total. The number of likely N-dealkylation sites (tertiary alicyclic amines) is 1. The van der Waals surface area contributed by atoms with Crippen molar-refractivity contribution in [2.24, 2.45) is 7.05 Å². The van der Waals surface area contributed by atoms with Crippen LogP contribution in [0.15, 0.2) is 79.0 Å². The lowest BCUT2D eigenvalue weighted by molar-refractivity contribution is 0.0598. The molecule has 208 valence electrons. The third-order valence-corrected chi connectivity index (χ3v) is 8.88. The molecular formula is C33H31FN4O2S. The summed E-state index contributed by atoms with van der Waals surface area (Å²) in [4.78, 5) is 34.5. The fraction of sp³-hybridized carbons (Fsp3) is 0.242. The van der Waals surface area contributed by atoms with Gasteiger partial charge >= 0.3 is 0 Å². The van der Waals surface area contributed by atoms with Crippen LogP contribution in [0.2, 0.25) is 0 Å². The smallest absolute Gasteiger partial charge is 0.274 e. The number of hydrogen-bond donors (Lipinski definition) is 1. The molecule has 0 spiro atoms. The molecule has 41 heavy (non-hydrogen) atoms. The Balaban J connectivity index is 1.30. The van der Waals surface area contributed by atoms with Crippen molar-refractivity contribution in [1.29, 1.82) is 0 Å². The molecule has 3 aromatic carbocycles. The lowest BCUT2D eigenvalue weighted by atomic mass is 10.0. The molecule has 0 unspecified atom stereocenters. The molecule has 0 aliphatic carbocycles. The first kappa shape index (κ1) is 26.9. The van der Waals surface area contributed by atoms with Gasteiger partial charge in [-0.2, -0.15) is 0 Å². The topological polar surface area (TPSA) is 67.2 Å². The second-order valence-electron chi connectivity index (χ2n) is 10.6. The summed E-state index contributed by atoms with van der Waals surface area (Å²) >= 11 is 1.33. The summed E-state index contributed by atoms with van der Waals surface area (Å²) in [6.07, 6.45) is 4.44. The quantitative estimate of drug-likeness (QED) is 0.245. The number of piperidine rings is 1. The number of aryl methyl sites for hydroxylation is 2. The number of nitrogens with zero attached hydrogens (tertiary/aromatic N) is 3. The Morgan fingerprint density at radius 1 is 1.05 bits per heavy atom. The van der Waals surface area contributed by atoms with Gasteiger partial charge in [0.15, 0.2) is 0 Å². The molecule has 0 saturated carbocycles. The number of halogens is 1. The van der Waals surface area contributed by atoms with E-state index < -0.39 is 5.82 Å². The third-order valence-electron chi connectivity index (χ3n) is 7.74. The molecule has 1 aliphatic rings. The Hall–Kier alpha value is -4.30. The number of para-hydroxylation sites is 1. The molecular weight excluding hydrogens is 535 g/mol. The van der Waals surface area contributed by atoms with Gasteiger partial charge in [-0.1, -0.05) is 60.2 Å². The highest BCUT2D eigenvalue weighted by Gasteiger charge is 2.32. The summed E-state index contributed by atoms with van der Waals surface area (Å²) in [6.45, 7) is 2.89. The number of carbonyl (C=O) groups excluding carboxylic acids is 2. The van der Waals surface area contributed by atoms with Gasteiger partial charge in [-0.25, -0.2) is 9.37 Å². The molecule has 6 rings (SSSR count). The number of rotatable bonds is 6. The number of fused-ring (bicyclic) bond motifs is 1. The van der Waals surface area contributed by atoms with Gasteiger partial charge in [0.05, 0.1) is 10.4 Å². The summed E-state index contributed by atoms with van der Waals surface area (Å²) in [7, 11) is 1.92. The SMILES string of the molecule is Cc1cccc(-c2nc(C(=O)N3CCCC[C@H]3CNC(=O)c3cn(C)c4ccccc34)c(-c3ccccc3F)s2)c1. The number of nitrogens with one attached hydrogen (secondary N) is 1. The van der Waals surface area contributed by atoms with Gasteiger partial charge in [-0.05, 0) is 44.4 Å².